The molecule has 2 amide bonds. The van der Waals surface area contributed by atoms with Crippen LogP contribution in [0, 0.1) is 5.82 Å². The number of benzene rings is 1. The van der Waals surface area contributed by atoms with Crippen LogP contribution in [0.1, 0.15) is 19.8 Å². The fourth-order valence-electron chi connectivity index (χ4n) is 2.81. The van der Waals surface area contributed by atoms with E-state index in [4.69, 9.17) is 0 Å². The van der Waals surface area contributed by atoms with Crippen LogP contribution in [0.5, 0.6) is 0 Å². The number of fused-ring (bicyclic) bond motifs is 1. The Morgan fingerprint density at radius 1 is 1.55 bits per heavy atom. The molecule has 2 heterocycles. The van der Waals surface area contributed by atoms with Gasteiger partial charge < -0.3 is 10.2 Å². The monoisotopic (exact) mass is 294 g/mol. The minimum atomic E-state index is -0.469. The lowest BCUT2D eigenvalue weighted by Gasteiger charge is -2.29. The highest BCUT2D eigenvalue weighted by atomic mass is 32.2. The summed E-state index contributed by atoms with van der Waals surface area (Å²) >= 11 is 1.64. The third-order valence-corrected chi connectivity index (χ3v) is 5.34. The molecule has 20 heavy (non-hydrogen) atoms. The quantitative estimate of drug-likeness (QED) is 0.910. The Morgan fingerprint density at radius 3 is 3.10 bits per heavy atom. The second kappa shape index (κ2) is 4.77. The molecular weight excluding hydrogens is 279 g/mol. The van der Waals surface area contributed by atoms with E-state index >= 15 is 0 Å². The van der Waals surface area contributed by atoms with Crippen molar-refractivity contribution in [3.05, 3.63) is 30.1 Å². The first-order chi connectivity index (χ1) is 9.49. The van der Waals surface area contributed by atoms with Crippen LogP contribution in [0.2, 0.25) is 0 Å². The maximum atomic E-state index is 13.1. The first-order valence-electron chi connectivity index (χ1n) is 6.52. The summed E-state index contributed by atoms with van der Waals surface area (Å²) in [5.74, 6) is -0.0340. The van der Waals surface area contributed by atoms with E-state index in [-0.39, 0.29) is 16.7 Å². The van der Waals surface area contributed by atoms with Gasteiger partial charge in [0.15, 0.2) is 0 Å². The Bertz CT molecular complexity index is 580. The highest BCUT2D eigenvalue weighted by Gasteiger charge is 2.52. The molecule has 2 atom stereocenters. The van der Waals surface area contributed by atoms with Gasteiger partial charge in [0.1, 0.15) is 11.9 Å². The molecule has 4 nitrogen and oxygen atoms in total. The number of nitrogens with zero attached hydrogens (tertiary/aromatic N) is 1. The van der Waals surface area contributed by atoms with Gasteiger partial charge in [-0.05, 0) is 31.5 Å². The van der Waals surface area contributed by atoms with Crippen molar-refractivity contribution >= 4 is 29.3 Å². The number of amides is 2. The molecule has 0 unspecified atom stereocenters. The third kappa shape index (κ3) is 2.18. The van der Waals surface area contributed by atoms with Crippen molar-refractivity contribution in [1.29, 1.82) is 0 Å². The molecule has 2 aliphatic heterocycles. The van der Waals surface area contributed by atoms with E-state index in [1.807, 2.05) is 6.92 Å². The van der Waals surface area contributed by atoms with Crippen LogP contribution in [0.3, 0.4) is 0 Å². The van der Waals surface area contributed by atoms with Gasteiger partial charge in [-0.1, -0.05) is 6.07 Å². The smallest absolute Gasteiger partial charge is 0.248 e. The highest BCUT2D eigenvalue weighted by Crippen LogP contribution is 2.47. The molecule has 1 aromatic rings. The number of carbonyl (C=O) groups is 2. The second-order valence-electron chi connectivity index (χ2n) is 5.27. The van der Waals surface area contributed by atoms with E-state index < -0.39 is 11.9 Å². The Kier molecular flexibility index (Phi) is 3.20. The fraction of sp³-hybridized carbons (Fsp3) is 0.429. The SMILES string of the molecule is C[C@@]12CCC(=O)N1[C@H](C(=O)Nc1cccc(F)c1)CS2. The van der Waals surface area contributed by atoms with E-state index in [9.17, 15) is 14.0 Å². The van der Waals surface area contributed by atoms with E-state index in [0.29, 0.717) is 17.9 Å². The molecule has 0 aliphatic carbocycles. The van der Waals surface area contributed by atoms with Gasteiger partial charge in [-0.3, -0.25) is 9.59 Å². The number of anilines is 1. The van der Waals surface area contributed by atoms with Crippen LogP contribution >= 0.6 is 11.8 Å². The lowest BCUT2D eigenvalue weighted by atomic mass is 10.2. The molecule has 0 aromatic heterocycles. The topological polar surface area (TPSA) is 49.4 Å². The van der Waals surface area contributed by atoms with Crippen molar-refractivity contribution in [2.45, 2.75) is 30.7 Å². The normalized spacial score (nSPS) is 28.6. The number of hydrogen-bond donors (Lipinski definition) is 1. The lowest BCUT2D eigenvalue weighted by Crippen LogP contribution is -2.48. The summed E-state index contributed by atoms with van der Waals surface area (Å²) in [7, 11) is 0. The van der Waals surface area contributed by atoms with Gasteiger partial charge in [-0.15, -0.1) is 11.8 Å². The van der Waals surface area contributed by atoms with Crippen LogP contribution in [0.15, 0.2) is 24.3 Å². The molecule has 0 saturated carbocycles. The van der Waals surface area contributed by atoms with Crippen LogP contribution in [0.25, 0.3) is 0 Å². The van der Waals surface area contributed by atoms with E-state index in [0.717, 1.165) is 6.42 Å². The average Bonchev–Trinajstić information content (AvgIpc) is 2.87. The summed E-state index contributed by atoms with van der Waals surface area (Å²) in [5.41, 5.74) is 0.417. The van der Waals surface area contributed by atoms with E-state index in [2.05, 4.69) is 5.32 Å². The zero-order chi connectivity index (χ0) is 14.3. The minimum Gasteiger partial charge on any atom is -0.324 e. The largest absolute Gasteiger partial charge is 0.324 e. The molecule has 106 valence electrons. The standard InChI is InChI=1S/C14H15FN2O2S/c1-14-6-5-12(18)17(14)11(8-20-14)13(19)16-10-4-2-3-9(15)7-10/h2-4,7,11H,5-6,8H2,1H3,(H,16,19)/t11-,14+/m0/s1. The van der Waals surface area contributed by atoms with Crippen LogP contribution in [-0.4, -0.2) is 33.4 Å². The van der Waals surface area contributed by atoms with Crippen molar-refractivity contribution < 1.29 is 14.0 Å². The Morgan fingerprint density at radius 2 is 2.35 bits per heavy atom. The van der Waals surface area contributed by atoms with Crippen molar-refractivity contribution in [2.24, 2.45) is 0 Å². The fourth-order valence-corrected chi connectivity index (χ4v) is 4.24. The zero-order valence-electron chi connectivity index (χ0n) is 11.1. The Balaban J connectivity index is 1.76. The summed E-state index contributed by atoms with van der Waals surface area (Å²) in [4.78, 5) is 25.7. The summed E-state index contributed by atoms with van der Waals surface area (Å²) in [6.07, 6.45) is 1.27. The van der Waals surface area contributed by atoms with Gasteiger partial charge in [-0.2, -0.15) is 0 Å². The van der Waals surface area contributed by atoms with Crippen LogP contribution < -0.4 is 5.32 Å². The summed E-state index contributed by atoms with van der Waals surface area (Å²) in [5, 5.41) is 2.69. The minimum absolute atomic E-state index is 0.0249. The summed E-state index contributed by atoms with van der Waals surface area (Å²) < 4.78 is 13.1. The number of thioether (sulfide) groups is 1. The molecule has 0 spiro atoms. The van der Waals surface area contributed by atoms with Crippen molar-refractivity contribution in [2.75, 3.05) is 11.1 Å². The van der Waals surface area contributed by atoms with Crippen molar-refractivity contribution in [3.63, 3.8) is 0 Å². The molecule has 6 heteroatoms. The Hall–Kier alpha value is -1.56. The summed E-state index contributed by atoms with van der Waals surface area (Å²) in [6, 6.07) is 5.30. The second-order valence-corrected chi connectivity index (χ2v) is 6.77. The van der Waals surface area contributed by atoms with Crippen LogP contribution in [0.4, 0.5) is 10.1 Å². The lowest BCUT2D eigenvalue weighted by molar-refractivity contribution is -0.135. The van der Waals surface area contributed by atoms with Gasteiger partial charge in [0.25, 0.3) is 0 Å². The van der Waals surface area contributed by atoms with Gasteiger partial charge in [-0.25, -0.2) is 4.39 Å². The molecule has 2 fully saturated rings. The van der Waals surface area contributed by atoms with Gasteiger partial charge in [0.2, 0.25) is 11.8 Å². The molecule has 1 aromatic carbocycles. The number of nitrogens with one attached hydrogen (secondary N) is 1. The van der Waals surface area contributed by atoms with Crippen molar-refractivity contribution in [3.8, 4) is 0 Å². The molecular formula is C14H15FN2O2S. The summed E-state index contributed by atoms with van der Waals surface area (Å²) in [6.45, 7) is 2.00. The number of hydrogen-bond acceptors (Lipinski definition) is 3. The molecule has 0 radical (unpaired) electrons. The molecule has 2 aliphatic rings. The zero-order valence-corrected chi connectivity index (χ0v) is 11.9. The van der Waals surface area contributed by atoms with Crippen LogP contribution in [-0.2, 0) is 9.59 Å². The average molecular weight is 294 g/mol. The number of carbonyl (C=O) groups excluding carboxylic acids is 2. The number of rotatable bonds is 2. The maximum absolute atomic E-state index is 13.1. The van der Waals surface area contributed by atoms with Crippen molar-refractivity contribution in [1.82, 2.24) is 4.90 Å². The van der Waals surface area contributed by atoms with Gasteiger partial charge in [0.05, 0.1) is 4.87 Å². The predicted octanol–water partition coefficient (Wildman–Crippen LogP) is 2.22. The van der Waals surface area contributed by atoms with E-state index in [1.54, 1.807) is 28.8 Å². The molecule has 3 rings (SSSR count). The third-order valence-electron chi connectivity index (χ3n) is 3.84. The highest BCUT2D eigenvalue weighted by molar-refractivity contribution is 8.01. The Labute approximate surface area is 120 Å². The molecule has 2 saturated heterocycles. The first-order valence-corrected chi connectivity index (χ1v) is 7.51. The van der Waals surface area contributed by atoms with Gasteiger partial charge >= 0.3 is 0 Å². The number of halogens is 1. The molecule has 1 N–H and O–H groups in total. The predicted molar refractivity (Wildman–Crippen MR) is 75.8 cm³/mol. The van der Waals surface area contributed by atoms with E-state index in [1.165, 1.54) is 12.1 Å². The molecule has 0 bridgehead atoms. The maximum Gasteiger partial charge on any atom is 0.248 e. The van der Waals surface area contributed by atoms with Gasteiger partial charge in [0, 0.05) is 17.9 Å². The first kappa shape index (κ1) is 13.4.